The van der Waals surface area contributed by atoms with E-state index in [-0.39, 0.29) is 29.0 Å². The molecule has 238 valence electrons. The molecule has 1 heterocycles. The molecule has 0 saturated heterocycles. The van der Waals surface area contributed by atoms with E-state index in [0.717, 1.165) is 36.8 Å². The van der Waals surface area contributed by atoms with Gasteiger partial charge in [0.2, 0.25) is 0 Å². The molecule has 0 aromatic heterocycles. The number of cyclic esters (lactones) is 1. The summed E-state index contributed by atoms with van der Waals surface area (Å²) in [6.45, 7) is 19.2. The Morgan fingerprint density at radius 2 is 1.57 bits per heavy atom. The Bertz CT molecular complexity index is 1390. The van der Waals surface area contributed by atoms with E-state index in [9.17, 15) is 15.0 Å². The second-order valence-corrected chi connectivity index (χ2v) is 14.3. The van der Waals surface area contributed by atoms with Gasteiger partial charge in [-0.25, -0.2) is 4.79 Å². The highest BCUT2D eigenvalue weighted by atomic mass is 16.5. The van der Waals surface area contributed by atoms with Crippen molar-refractivity contribution in [2.45, 2.75) is 107 Å². The summed E-state index contributed by atoms with van der Waals surface area (Å²) in [5, 5.41) is 20.2. The predicted octanol–water partition coefficient (Wildman–Crippen LogP) is 9.49. The van der Waals surface area contributed by atoms with Crippen LogP contribution in [0.15, 0.2) is 118 Å². The lowest BCUT2D eigenvalue weighted by atomic mass is 9.66. The highest BCUT2D eigenvalue weighted by Gasteiger charge is 2.36. The van der Waals surface area contributed by atoms with Gasteiger partial charge in [0.15, 0.2) is 0 Å². The predicted molar refractivity (Wildman–Crippen MR) is 184 cm³/mol. The molecule has 3 rings (SSSR count). The van der Waals surface area contributed by atoms with Gasteiger partial charge in [-0.15, -0.1) is 0 Å². The molecular formula is C40H54O4. The molecule has 4 heteroatoms. The second-order valence-electron chi connectivity index (χ2n) is 14.3. The fourth-order valence-electron chi connectivity index (χ4n) is 6.92. The number of aliphatic hydroxyl groups is 2. The van der Waals surface area contributed by atoms with Crippen LogP contribution < -0.4 is 0 Å². The Hall–Kier alpha value is -3.21. The third-order valence-electron chi connectivity index (χ3n) is 9.08. The first-order valence-electron chi connectivity index (χ1n) is 16.0. The molecule has 4 nitrogen and oxygen atoms in total. The largest absolute Gasteiger partial charge is 0.423 e. The molecule has 0 amide bonds. The van der Waals surface area contributed by atoms with Crippen LogP contribution in [-0.2, 0) is 9.53 Å². The molecule has 3 atom stereocenters. The molecule has 2 aliphatic carbocycles. The fourth-order valence-corrected chi connectivity index (χ4v) is 6.92. The first-order valence-corrected chi connectivity index (χ1v) is 16.0. The molecule has 0 aromatic rings. The number of ether oxygens (including phenoxy) is 1. The second kappa shape index (κ2) is 15.2. The van der Waals surface area contributed by atoms with Gasteiger partial charge in [-0.3, -0.25) is 0 Å². The normalized spacial score (nSPS) is 27.6. The number of allylic oxidation sites excluding steroid dienone is 16. The fraction of sp³-hybridized carbons (Fsp3) is 0.475. The maximum atomic E-state index is 12.5. The average molecular weight is 599 g/mol. The van der Waals surface area contributed by atoms with Crippen molar-refractivity contribution in [3.63, 3.8) is 0 Å². The minimum Gasteiger partial charge on any atom is -0.423 e. The number of hydrogen-bond donors (Lipinski definition) is 2. The van der Waals surface area contributed by atoms with Gasteiger partial charge < -0.3 is 14.9 Å². The topological polar surface area (TPSA) is 66.8 Å². The van der Waals surface area contributed by atoms with Gasteiger partial charge in [-0.05, 0) is 107 Å². The number of hydrogen-bond acceptors (Lipinski definition) is 4. The molecule has 2 N–H and O–H groups in total. The zero-order valence-electron chi connectivity index (χ0n) is 28.4. The number of aliphatic hydroxyl groups excluding tert-OH is 2. The van der Waals surface area contributed by atoms with Gasteiger partial charge in [0.1, 0.15) is 5.76 Å². The van der Waals surface area contributed by atoms with E-state index in [2.05, 4.69) is 91.8 Å². The molecule has 0 aromatic carbocycles. The quantitative estimate of drug-likeness (QED) is 0.149. The highest BCUT2D eigenvalue weighted by Crippen LogP contribution is 2.44. The van der Waals surface area contributed by atoms with Crippen molar-refractivity contribution in [1.82, 2.24) is 0 Å². The third kappa shape index (κ3) is 10.2. The Morgan fingerprint density at radius 1 is 0.932 bits per heavy atom. The lowest BCUT2D eigenvalue weighted by Crippen LogP contribution is -2.33. The van der Waals surface area contributed by atoms with Crippen LogP contribution in [-0.4, -0.2) is 28.4 Å². The zero-order chi connectivity index (χ0) is 32.7. The van der Waals surface area contributed by atoms with Crippen molar-refractivity contribution in [3.05, 3.63) is 118 Å². The van der Waals surface area contributed by atoms with Crippen LogP contribution >= 0.6 is 0 Å². The Kier molecular flexibility index (Phi) is 12.2. The first-order chi connectivity index (χ1) is 20.6. The summed E-state index contributed by atoms with van der Waals surface area (Å²) >= 11 is 0. The Morgan fingerprint density at radius 3 is 2.23 bits per heavy atom. The summed E-state index contributed by atoms with van der Waals surface area (Å²) in [4.78, 5) is 12.5. The Labute approximate surface area is 266 Å². The summed E-state index contributed by atoms with van der Waals surface area (Å²) in [7, 11) is 0. The molecule has 0 saturated carbocycles. The standard InChI is InChI=1S/C40H54O4/c1-27(15-12-16-28(2)17-19-36-30(4)22-33(41)25-39(36,6)7)13-10-11-14-29(3)21-35-24-32(38(43)44-35)18-20-37-31(5)23-34(42)26-40(37,8)9/h10-17,19,21,23-24,33-34,37,41-42H,18,20,22,25-26H2,1-9H3. The van der Waals surface area contributed by atoms with Crippen molar-refractivity contribution in [3.8, 4) is 0 Å². The zero-order valence-corrected chi connectivity index (χ0v) is 28.4. The van der Waals surface area contributed by atoms with Gasteiger partial charge in [0, 0.05) is 5.57 Å². The summed E-state index contributed by atoms with van der Waals surface area (Å²) in [6.07, 6.45) is 27.6. The van der Waals surface area contributed by atoms with Gasteiger partial charge in [-0.1, -0.05) is 111 Å². The molecule has 3 aliphatic rings. The molecular weight excluding hydrogens is 544 g/mol. The van der Waals surface area contributed by atoms with E-state index in [4.69, 9.17) is 4.74 Å². The molecule has 0 fully saturated rings. The molecule has 1 aliphatic heterocycles. The lowest BCUT2D eigenvalue weighted by Gasteiger charge is -2.40. The van der Waals surface area contributed by atoms with Crippen molar-refractivity contribution >= 4 is 5.97 Å². The van der Waals surface area contributed by atoms with Crippen LogP contribution in [0.1, 0.15) is 94.4 Å². The summed E-state index contributed by atoms with van der Waals surface area (Å²) in [6, 6.07) is 0. The van der Waals surface area contributed by atoms with E-state index >= 15 is 0 Å². The lowest BCUT2D eigenvalue weighted by molar-refractivity contribution is -0.133. The molecule has 44 heavy (non-hydrogen) atoms. The van der Waals surface area contributed by atoms with E-state index in [1.165, 1.54) is 22.3 Å². The number of carbonyl (C=O) groups is 1. The SMILES string of the molecule is CC(C=CC=C(C)C=CC1=C(C)CC(O)CC1(C)C)=CC=CC=C(C)C=C1C=C(CCC2C(C)=CC(O)CC2(C)C)C(=O)O1. The van der Waals surface area contributed by atoms with Crippen molar-refractivity contribution < 1.29 is 19.7 Å². The molecule has 0 bridgehead atoms. The Balaban J connectivity index is 1.54. The van der Waals surface area contributed by atoms with Gasteiger partial charge in [0.25, 0.3) is 0 Å². The maximum Gasteiger partial charge on any atom is 0.339 e. The summed E-state index contributed by atoms with van der Waals surface area (Å²) in [5.74, 6) is 0.657. The van der Waals surface area contributed by atoms with Crippen LogP contribution in [0.4, 0.5) is 0 Å². The van der Waals surface area contributed by atoms with Gasteiger partial charge in [0.05, 0.1) is 12.2 Å². The third-order valence-corrected chi connectivity index (χ3v) is 9.08. The minimum absolute atomic E-state index is 0.00285. The van der Waals surface area contributed by atoms with Crippen LogP contribution in [0, 0.1) is 16.7 Å². The number of carbonyl (C=O) groups excluding carboxylic acids is 1. The van der Waals surface area contributed by atoms with Crippen molar-refractivity contribution in [2.75, 3.05) is 0 Å². The van der Waals surface area contributed by atoms with Crippen LogP contribution in [0.5, 0.6) is 0 Å². The molecule has 3 unspecified atom stereocenters. The monoisotopic (exact) mass is 598 g/mol. The van der Waals surface area contributed by atoms with E-state index in [1.807, 2.05) is 43.4 Å². The van der Waals surface area contributed by atoms with E-state index in [0.29, 0.717) is 23.7 Å². The van der Waals surface area contributed by atoms with Crippen LogP contribution in [0.2, 0.25) is 0 Å². The van der Waals surface area contributed by atoms with E-state index < -0.39 is 0 Å². The number of esters is 1. The molecule has 0 spiro atoms. The van der Waals surface area contributed by atoms with Gasteiger partial charge in [-0.2, -0.15) is 0 Å². The summed E-state index contributed by atoms with van der Waals surface area (Å²) in [5.41, 5.74) is 7.81. The minimum atomic E-state index is -0.384. The van der Waals surface area contributed by atoms with Crippen LogP contribution in [0.3, 0.4) is 0 Å². The van der Waals surface area contributed by atoms with Crippen molar-refractivity contribution in [2.24, 2.45) is 16.7 Å². The van der Waals surface area contributed by atoms with E-state index in [1.54, 1.807) is 0 Å². The van der Waals surface area contributed by atoms with Crippen molar-refractivity contribution in [1.29, 1.82) is 0 Å². The molecule has 0 radical (unpaired) electrons. The number of rotatable bonds is 10. The first kappa shape index (κ1) is 35.3. The highest BCUT2D eigenvalue weighted by molar-refractivity contribution is 5.92. The maximum absolute atomic E-state index is 12.5. The smallest absolute Gasteiger partial charge is 0.339 e. The average Bonchev–Trinajstić information content (AvgIpc) is 3.22. The summed E-state index contributed by atoms with van der Waals surface area (Å²) < 4.78 is 5.53. The van der Waals surface area contributed by atoms with Gasteiger partial charge >= 0.3 is 5.97 Å². The van der Waals surface area contributed by atoms with Crippen LogP contribution in [0.25, 0.3) is 0 Å².